The molecule has 3 heterocycles. The van der Waals surface area contributed by atoms with Gasteiger partial charge in [0.25, 0.3) is 11.5 Å². The smallest absolute Gasteiger partial charge is 0.285 e. The van der Waals surface area contributed by atoms with Crippen molar-refractivity contribution >= 4 is 62.5 Å². The molecule has 2 aliphatic rings. The van der Waals surface area contributed by atoms with Gasteiger partial charge in [0.1, 0.15) is 25.5 Å². The van der Waals surface area contributed by atoms with Crippen LogP contribution in [0.3, 0.4) is 0 Å². The lowest BCUT2D eigenvalue weighted by Gasteiger charge is -2.13. The molecule has 0 bridgehead atoms. The van der Waals surface area contributed by atoms with Crippen LogP contribution in [0.25, 0.3) is 16.3 Å². The Balaban J connectivity index is 1.51. The summed E-state index contributed by atoms with van der Waals surface area (Å²) in [6.45, 7) is 0. The van der Waals surface area contributed by atoms with Crippen LogP contribution in [-0.2, 0) is 4.79 Å². The number of aromatic nitrogens is 1. The maximum Gasteiger partial charge on any atom is 0.285 e. The number of fused-ring (bicyclic) bond motifs is 1. The number of hydrogen-bond acceptors (Lipinski definition) is 8. The second-order valence-electron chi connectivity index (χ2n) is 9.78. The number of thiazole rings is 1. The van der Waals surface area contributed by atoms with Gasteiger partial charge in [-0.05, 0) is 48.5 Å². The molecule has 5 aromatic rings. The molecular formula is C33H25N5O3S2. The first-order chi connectivity index (χ1) is 21.0. The number of para-hydroxylation sites is 3. The fraction of sp³-hybridized carbons (Fsp3) is 0.0606. The molecule has 0 unspecified atom stereocenters. The van der Waals surface area contributed by atoms with Crippen molar-refractivity contribution in [2.24, 2.45) is 5.10 Å². The number of carbonyl (C=O) groups excluding carboxylic acids is 1. The molecule has 0 saturated carbocycles. The number of ether oxygens (including phenoxy) is 1. The number of methoxy groups -OCH3 is 1. The zero-order chi connectivity index (χ0) is 29.5. The fourth-order valence-electron chi connectivity index (χ4n) is 5.03. The summed E-state index contributed by atoms with van der Waals surface area (Å²) in [5.41, 5.74) is 3.12. The van der Waals surface area contributed by atoms with Gasteiger partial charge in [0, 0.05) is 23.7 Å². The molecule has 4 aromatic carbocycles. The predicted octanol–water partition coefficient (Wildman–Crippen LogP) is 4.84. The van der Waals surface area contributed by atoms with Crippen molar-refractivity contribution in [3.8, 4) is 11.4 Å². The lowest BCUT2D eigenvalue weighted by Crippen LogP contribution is -2.35. The van der Waals surface area contributed by atoms with Gasteiger partial charge in [-0.25, -0.2) is 0 Å². The van der Waals surface area contributed by atoms with Gasteiger partial charge in [0.15, 0.2) is 5.84 Å². The van der Waals surface area contributed by atoms with Gasteiger partial charge >= 0.3 is 0 Å². The normalized spacial score (nSPS) is 16.8. The van der Waals surface area contributed by atoms with Crippen molar-refractivity contribution in [3.63, 3.8) is 0 Å². The van der Waals surface area contributed by atoms with Gasteiger partial charge in [0.05, 0.1) is 24.2 Å². The maximum absolute atomic E-state index is 14.4. The summed E-state index contributed by atoms with van der Waals surface area (Å²) in [6, 6.07) is 34.1. The summed E-state index contributed by atoms with van der Waals surface area (Å²) >= 11 is 2.82. The van der Waals surface area contributed by atoms with E-state index in [9.17, 15) is 9.59 Å². The van der Waals surface area contributed by atoms with Crippen LogP contribution in [0.15, 0.2) is 124 Å². The monoisotopic (exact) mass is 603 g/mol. The average Bonchev–Trinajstić information content (AvgIpc) is 3.67. The molecule has 1 amide bonds. The second kappa shape index (κ2) is 11.0. The first-order valence-corrected chi connectivity index (χ1v) is 15.1. The van der Waals surface area contributed by atoms with Gasteiger partial charge in [-0.2, -0.15) is 5.01 Å². The minimum atomic E-state index is -0.326. The quantitative estimate of drug-likeness (QED) is 0.317. The van der Waals surface area contributed by atoms with Crippen LogP contribution in [0.4, 0.5) is 17.1 Å². The standard InChI is InChI=1S/C33H25N5O3S2/c1-36-25-20-24(41-2)18-19-26(25)42-33(36)28-31(40)37(22-14-8-4-9-15-22)32(43-28)27-29(34-21-12-6-3-7-13-21)35-38(30(27)39)23-16-10-5-11-17-23/h3-20H,1-2H3,(H,34,35)/b32-27-,33-28-. The molecule has 0 atom stereocenters. The number of thioether (sulfide) groups is 1. The number of amidine groups is 1. The summed E-state index contributed by atoms with van der Waals surface area (Å²) in [6.07, 6.45) is 0. The summed E-state index contributed by atoms with van der Waals surface area (Å²) < 4.78 is 8.09. The molecular weight excluding hydrogens is 579 g/mol. The molecule has 1 N–H and O–H groups in total. The summed E-state index contributed by atoms with van der Waals surface area (Å²) in [5, 5.41) is 10.2. The Labute approximate surface area is 255 Å². The second-order valence-corrected chi connectivity index (χ2v) is 11.8. The number of hydrazone groups is 1. The van der Waals surface area contributed by atoms with Crippen LogP contribution in [0, 0.1) is 0 Å². The molecule has 0 aliphatic carbocycles. The number of nitrogens with one attached hydrogen (secondary N) is 1. The van der Waals surface area contributed by atoms with Crippen molar-refractivity contribution in [2.75, 3.05) is 29.4 Å². The number of hydrogen-bond donors (Lipinski definition) is 1. The van der Waals surface area contributed by atoms with E-state index in [0.29, 0.717) is 32.0 Å². The highest BCUT2D eigenvalue weighted by atomic mass is 32.2. The lowest BCUT2D eigenvalue weighted by molar-refractivity contribution is -0.112. The highest BCUT2D eigenvalue weighted by molar-refractivity contribution is 8.08. The van der Waals surface area contributed by atoms with E-state index in [-0.39, 0.29) is 11.5 Å². The Bertz CT molecular complexity index is 2070. The largest absolute Gasteiger partial charge is 0.497 e. The molecule has 10 heteroatoms. The molecule has 0 radical (unpaired) electrons. The van der Waals surface area contributed by atoms with E-state index < -0.39 is 0 Å². The number of amides is 1. The molecule has 0 saturated heterocycles. The zero-order valence-electron chi connectivity index (χ0n) is 23.2. The van der Waals surface area contributed by atoms with Crippen LogP contribution >= 0.6 is 23.1 Å². The van der Waals surface area contributed by atoms with E-state index in [4.69, 9.17) is 9.84 Å². The third-order valence-corrected chi connectivity index (χ3v) is 9.66. The molecule has 1 aromatic heterocycles. The third-order valence-electron chi connectivity index (χ3n) is 7.14. The zero-order valence-corrected chi connectivity index (χ0v) is 24.9. The molecule has 8 nitrogen and oxygen atoms in total. The van der Waals surface area contributed by atoms with E-state index in [2.05, 4.69) is 5.32 Å². The summed E-state index contributed by atoms with van der Waals surface area (Å²) in [5.74, 6) is 0.775. The molecule has 2 aliphatic heterocycles. The number of rotatable bonds is 4. The van der Waals surface area contributed by atoms with Crippen molar-refractivity contribution in [3.05, 3.63) is 129 Å². The minimum Gasteiger partial charge on any atom is -0.497 e. The van der Waals surface area contributed by atoms with E-state index >= 15 is 0 Å². The topological polar surface area (TPSA) is 79.2 Å². The Kier molecular flexibility index (Phi) is 6.84. The Morgan fingerprint density at radius 2 is 1.47 bits per heavy atom. The first kappa shape index (κ1) is 26.8. The van der Waals surface area contributed by atoms with Gasteiger partial charge in [-0.15, -0.1) is 16.4 Å². The van der Waals surface area contributed by atoms with Crippen LogP contribution in [0.1, 0.15) is 0 Å². The van der Waals surface area contributed by atoms with Crippen LogP contribution < -0.4 is 34.7 Å². The highest BCUT2D eigenvalue weighted by Crippen LogP contribution is 2.46. The number of carbonyl (C=O) groups is 1. The molecule has 43 heavy (non-hydrogen) atoms. The van der Waals surface area contributed by atoms with E-state index in [0.717, 1.165) is 27.0 Å². The van der Waals surface area contributed by atoms with Crippen molar-refractivity contribution < 1.29 is 9.53 Å². The fourth-order valence-corrected chi connectivity index (χ4v) is 7.50. The van der Waals surface area contributed by atoms with Crippen molar-refractivity contribution in [1.82, 2.24) is 4.57 Å². The van der Waals surface area contributed by atoms with E-state index in [1.54, 1.807) is 11.7 Å². The summed E-state index contributed by atoms with van der Waals surface area (Å²) in [4.78, 5) is 31.6. The van der Waals surface area contributed by atoms with Crippen molar-refractivity contribution in [2.45, 2.75) is 4.90 Å². The Morgan fingerprint density at radius 1 is 0.814 bits per heavy atom. The minimum absolute atomic E-state index is 0.210. The maximum atomic E-state index is 14.4. The number of anilines is 3. The third kappa shape index (κ3) is 4.70. The summed E-state index contributed by atoms with van der Waals surface area (Å²) in [7, 11) is 3.57. The van der Waals surface area contributed by atoms with Gasteiger partial charge in [-0.1, -0.05) is 66.4 Å². The molecule has 7 rings (SSSR count). The number of benzene rings is 4. The van der Waals surface area contributed by atoms with E-state index in [1.807, 2.05) is 121 Å². The van der Waals surface area contributed by atoms with Gasteiger partial charge in [0.2, 0.25) is 0 Å². The predicted molar refractivity (Wildman–Crippen MR) is 175 cm³/mol. The lowest BCUT2D eigenvalue weighted by atomic mass is 10.2. The molecule has 0 fully saturated rings. The Hall–Kier alpha value is -5.06. The van der Waals surface area contributed by atoms with Gasteiger partial charge < -0.3 is 15.0 Å². The Morgan fingerprint density at radius 3 is 2.14 bits per heavy atom. The van der Waals surface area contributed by atoms with Crippen molar-refractivity contribution in [1.29, 1.82) is 0 Å². The first-order valence-electron chi connectivity index (χ1n) is 13.5. The average molecular weight is 604 g/mol. The number of nitrogens with zero attached hydrogens (tertiary/aromatic N) is 4. The van der Waals surface area contributed by atoms with E-state index in [1.165, 1.54) is 28.1 Å². The van der Waals surface area contributed by atoms with Crippen LogP contribution in [0.2, 0.25) is 0 Å². The highest BCUT2D eigenvalue weighted by Gasteiger charge is 2.35. The SMILES string of the molecule is COc1ccc2c(c1)N(C)/C(=c1/s/c(=C3\C(=O)N(c4ccccc4)N=C3Nc3ccccc3)n(-c3ccccc3)c1=O)S2. The van der Waals surface area contributed by atoms with Crippen LogP contribution in [-0.4, -0.2) is 30.5 Å². The molecule has 212 valence electrons. The van der Waals surface area contributed by atoms with Gasteiger partial charge in [-0.3, -0.25) is 14.2 Å². The molecule has 0 spiro atoms. The van der Waals surface area contributed by atoms with Crippen LogP contribution in [0.5, 0.6) is 5.75 Å².